The van der Waals surface area contributed by atoms with Gasteiger partial charge in [0.05, 0.1) is 4.92 Å². The van der Waals surface area contributed by atoms with Gasteiger partial charge < -0.3 is 5.73 Å². The summed E-state index contributed by atoms with van der Waals surface area (Å²) in [5, 5.41) is 11.1. The van der Waals surface area contributed by atoms with E-state index in [9.17, 15) is 14.5 Å². The fourth-order valence-corrected chi connectivity index (χ4v) is 3.19. The first-order valence-electron chi connectivity index (χ1n) is 7.40. The molecule has 1 saturated carbocycles. The van der Waals surface area contributed by atoms with Gasteiger partial charge in [0.25, 0.3) is 5.69 Å². The number of nitro benzene ring substituents is 1. The molecule has 1 fully saturated rings. The third-order valence-electron chi connectivity index (χ3n) is 4.90. The second-order valence-electron chi connectivity index (χ2n) is 7.08. The highest BCUT2D eigenvalue weighted by molar-refractivity contribution is 5.41. The van der Waals surface area contributed by atoms with Crippen LogP contribution in [0.2, 0.25) is 0 Å². The van der Waals surface area contributed by atoms with Gasteiger partial charge >= 0.3 is 0 Å². The average molecular weight is 294 g/mol. The fraction of sp³-hybridized carbons (Fsp3) is 0.625. The summed E-state index contributed by atoms with van der Waals surface area (Å²) in [6, 6.07) is 3.68. The van der Waals surface area contributed by atoms with Crippen LogP contribution in [0, 0.1) is 26.8 Å². The monoisotopic (exact) mass is 294 g/mol. The SMILES string of the molecule is CC1(C)CCC(CN)(Cc2cc(F)ccc2[N+](=O)[O-])CC1. The Balaban J connectivity index is 2.27. The molecule has 5 heteroatoms. The third kappa shape index (κ3) is 3.59. The van der Waals surface area contributed by atoms with Crippen molar-refractivity contribution in [3.63, 3.8) is 0 Å². The van der Waals surface area contributed by atoms with Gasteiger partial charge in [0.2, 0.25) is 0 Å². The normalized spacial score (nSPS) is 20.2. The first-order valence-corrected chi connectivity index (χ1v) is 7.40. The highest BCUT2D eigenvalue weighted by atomic mass is 19.1. The number of hydrogen-bond acceptors (Lipinski definition) is 3. The van der Waals surface area contributed by atoms with Crippen molar-refractivity contribution in [1.29, 1.82) is 0 Å². The second-order valence-corrected chi connectivity index (χ2v) is 7.08. The molecule has 0 spiro atoms. The Morgan fingerprint density at radius 3 is 2.43 bits per heavy atom. The smallest absolute Gasteiger partial charge is 0.272 e. The maximum Gasteiger partial charge on any atom is 0.272 e. The number of rotatable bonds is 4. The number of hydrogen-bond donors (Lipinski definition) is 1. The van der Waals surface area contributed by atoms with E-state index in [4.69, 9.17) is 5.73 Å². The van der Waals surface area contributed by atoms with Crippen LogP contribution in [0.4, 0.5) is 10.1 Å². The van der Waals surface area contributed by atoms with Crippen LogP contribution < -0.4 is 5.73 Å². The van der Waals surface area contributed by atoms with Crippen LogP contribution in [0.25, 0.3) is 0 Å². The molecular weight excluding hydrogens is 271 g/mol. The number of nitrogens with two attached hydrogens (primary N) is 1. The van der Waals surface area contributed by atoms with Crippen molar-refractivity contribution >= 4 is 5.69 Å². The van der Waals surface area contributed by atoms with E-state index >= 15 is 0 Å². The van der Waals surface area contributed by atoms with Crippen LogP contribution in [0.5, 0.6) is 0 Å². The van der Waals surface area contributed by atoms with E-state index in [2.05, 4.69) is 13.8 Å². The fourth-order valence-electron chi connectivity index (χ4n) is 3.19. The quantitative estimate of drug-likeness (QED) is 0.678. The lowest BCUT2D eigenvalue weighted by Gasteiger charge is -2.43. The molecule has 21 heavy (non-hydrogen) atoms. The van der Waals surface area contributed by atoms with E-state index < -0.39 is 10.7 Å². The molecule has 1 aromatic rings. The molecule has 0 atom stereocenters. The van der Waals surface area contributed by atoms with Gasteiger partial charge in [-0.1, -0.05) is 13.8 Å². The molecule has 0 bridgehead atoms. The number of nitro groups is 1. The van der Waals surface area contributed by atoms with Gasteiger partial charge in [0.1, 0.15) is 5.82 Å². The molecule has 1 aliphatic carbocycles. The number of halogens is 1. The first kappa shape index (κ1) is 15.9. The van der Waals surface area contributed by atoms with E-state index in [-0.39, 0.29) is 11.1 Å². The van der Waals surface area contributed by atoms with Crippen LogP contribution in [-0.2, 0) is 6.42 Å². The van der Waals surface area contributed by atoms with Crippen LogP contribution in [0.15, 0.2) is 18.2 Å². The van der Waals surface area contributed by atoms with Gasteiger partial charge in [-0.25, -0.2) is 4.39 Å². The van der Waals surface area contributed by atoms with Crippen molar-refractivity contribution in [3.8, 4) is 0 Å². The molecule has 2 N–H and O–H groups in total. The standard InChI is InChI=1S/C16H23FN2O2/c1-15(2)5-7-16(11-18,8-6-15)10-12-9-13(17)3-4-14(12)19(20)21/h3-4,9H,5-8,10-11,18H2,1-2H3. The molecule has 1 aliphatic rings. The molecule has 0 aromatic heterocycles. The Kier molecular flexibility index (Phi) is 4.33. The Morgan fingerprint density at radius 2 is 1.90 bits per heavy atom. The van der Waals surface area contributed by atoms with Gasteiger partial charge in [-0.2, -0.15) is 0 Å². The van der Waals surface area contributed by atoms with Crippen LogP contribution in [-0.4, -0.2) is 11.5 Å². The lowest BCUT2D eigenvalue weighted by molar-refractivity contribution is -0.385. The summed E-state index contributed by atoms with van der Waals surface area (Å²) in [5.74, 6) is -0.432. The van der Waals surface area contributed by atoms with Crippen molar-refractivity contribution in [2.45, 2.75) is 46.0 Å². The third-order valence-corrected chi connectivity index (χ3v) is 4.90. The highest BCUT2D eigenvalue weighted by Gasteiger charge is 2.38. The zero-order valence-corrected chi connectivity index (χ0v) is 12.7. The van der Waals surface area contributed by atoms with Crippen molar-refractivity contribution in [2.75, 3.05) is 6.54 Å². The highest BCUT2D eigenvalue weighted by Crippen LogP contribution is 2.46. The summed E-state index contributed by atoms with van der Waals surface area (Å²) >= 11 is 0. The maximum atomic E-state index is 13.5. The topological polar surface area (TPSA) is 69.2 Å². The van der Waals surface area contributed by atoms with Crippen molar-refractivity contribution in [3.05, 3.63) is 39.7 Å². The van der Waals surface area contributed by atoms with Gasteiger partial charge in [0, 0.05) is 11.6 Å². The average Bonchev–Trinajstić information content (AvgIpc) is 2.41. The van der Waals surface area contributed by atoms with Crippen LogP contribution in [0.1, 0.15) is 45.1 Å². The molecule has 0 unspecified atom stereocenters. The van der Waals surface area contributed by atoms with E-state index in [0.717, 1.165) is 31.7 Å². The molecule has 0 amide bonds. The zero-order chi connectivity index (χ0) is 15.7. The number of nitrogens with zero attached hydrogens (tertiary/aromatic N) is 1. The van der Waals surface area contributed by atoms with Gasteiger partial charge in [-0.05, 0) is 61.6 Å². The molecule has 4 nitrogen and oxygen atoms in total. The molecule has 0 heterocycles. The molecule has 0 aliphatic heterocycles. The van der Waals surface area contributed by atoms with Crippen molar-refractivity contribution < 1.29 is 9.31 Å². The predicted molar refractivity (Wildman–Crippen MR) is 80.5 cm³/mol. The Labute approximate surface area is 124 Å². The lowest BCUT2D eigenvalue weighted by atomic mass is 9.63. The first-order chi connectivity index (χ1) is 9.77. The number of benzene rings is 1. The largest absolute Gasteiger partial charge is 0.330 e. The Bertz CT molecular complexity index is 533. The summed E-state index contributed by atoms with van der Waals surface area (Å²) in [7, 11) is 0. The van der Waals surface area contributed by atoms with E-state index in [1.165, 1.54) is 12.1 Å². The van der Waals surface area contributed by atoms with Gasteiger partial charge in [0.15, 0.2) is 0 Å². The van der Waals surface area contributed by atoms with E-state index in [0.29, 0.717) is 23.9 Å². The molecule has 2 rings (SSSR count). The Hall–Kier alpha value is -1.49. The molecule has 1 aromatic carbocycles. The van der Waals surface area contributed by atoms with Crippen LogP contribution >= 0.6 is 0 Å². The summed E-state index contributed by atoms with van der Waals surface area (Å²) < 4.78 is 13.5. The summed E-state index contributed by atoms with van der Waals surface area (Å²) in [4.78, 5) is 10.7. The minimum absolute atomic E-state index is 0.00550. The molecular formula is C16H23FN2O2. The van der Waals surface area contributed by atoms with Crippen LogP contribution in [0.3, 0.4) is 0 Å². The van der Waals surface area contributed by atoms with Crippen molar-refractivity contribution in [2.24, 2.45) is 16.6 Å². The lowest BCUT2D eigenvalue weighted by Crippen LogP contribution is -2.39. The minimum atomic E-state index is -0.439. The Morgan fingerprint density at radius 1 is 1.29 bits per heavy atom. The van der Waals surface area contributed by atoms with E-state index in [1.54, 1.807) is 0 Å². The maximum absolute atomic E-state index is 13.5. The summed E-state index contributed by atoms with van der Waals surface area (Å²) in [5.41, 5.74) is 6.59. The summed E-state index contributed by atoms with van der Waals surface area (Å²) in [6.07, 6.45) is 4.45. The summed E-state index contributed by atoms with van der Waals surface area (Å²) in [6.45, 7) is 4.95. The zero-order valence-electron chi connectivity index (χ0n) is 12.7. The molecule has 116 valence electrons. The van der Waals surface area contributed by atoms with Gasteiger partial charge in [-0.15, -0.1) is 0 Å². The molecule has 0 saturated heterocycles. The second kappa shape index (κ2) is 5.72. The minimum Gasteiger partial charge on any atom is -0.330 e. The van der Waals surface area contributed by atoms with Gasteiger partial charge in [-0.3, -0.25) is 10.1 Å². The predicted octanol–water partition coefficient (Wildman–Crippen LogP) is 3.82. The van der Waals surface area contributed by atoms with Crippen molar-refractivity contribution in [1.82, 2.24) is 0 Å². The van der Waals surface area contributed by atoms with E-state index in [1.807, 2.05) is 0 Å². The molecule has 0 radical (unpaired) electrons.